The minimum Gasteiger partial charge on any atom is -0.378 e. The van der Waals surface area contributed by atoms with Gasteiger partial charge in [0.25, 0.3) is 0 Å². The molecule has 24 heavy (non-hydrogen) atoms. The van der Waals surface area contributed by atoms with Crippen molar-refractivity contribution in [2.24, 2.45) is 0 Å². The number of nitrogens with zero attached hydrogens (tertiary/aromatic N) is 3. The molecule has 4 rings (SSSR count). The van der Waals surface area contributed by atoms with Crippen molar-refractivity contribution in [2.45, 2.75) is 19.8 Å². The summed E-state index contributed by atoms with van der Waals surface area (Å²) in [5, 5.41) is 4.79. The number of morpholine rings is 1. The van der Waals surface area contributed by atoms with Crippen LogP contribution in [0.15, 0.2) is 48.7 Å². The highest BCUT2D eigenvalue weighted by molar-refractivity contribution is 5.83. The Morgan fingerprint density at radius 3 is 2.46 bits per heavy atom. The van der Waals surface area contributed by atoms with E-state index in [1.165, 1.54) is 22.3 Å². The first kappa shape index (κ1) is 15.2. The molecular formula is C20H23N3O. The second kappa shape index (κ2) is 6.29. The molecule has 3 heterocycles. The third-order valence-electron chi connectivity index (χ3n) is 4.65. The van der Waals surface area contributed by atoms with Gasteiger partial charge >= 0.3 is 0 Å². The van der Waals surface area contributed by atoms with Crippen molar-refractivity contribution >= 4 is 11.2 Å². The lowest BCUT2D eigenvalue weighted by Crippen LogP contribution is -2.36. The molecule has 124 valence electrons. The largest absolute Gasteiger partial charge is 0.378 e. The van der Waals surface area contributed by atoms with Crippen LogP contribution in [0.3, 0.4) is 0 Å². The number of ether oxygens (including phenoxy) is 1. The first-order valence-electron chi connectivity index (χ1n) is 8.64. The van der Waals surface area contributed by atoms with Gasteiger partial charge in [-0.25, -0.2) is 4.52 Å². The summed E-state index contributed by atoms with van der Waals surface area (Å²) >= 11 is 0. The topological polar surface area (TPSA) is 29.8 Å². The summed E-state index contributed by atoms with van der Waals surface area (Å²) in [7, 11) is 0. The molecule has 1 saturated heterocycles. The van der Waals surface area contributed by atoms with Gasteiger partial charge in [-0.2, -0.15) is 5.10 Å². The van der Waals surface area contributed by atoms with Gasteiger partial charge in [0, 0.05) is 30.5 Å². The maximum atomic E-state index is 5.44. The fourth-order valence-corrected chi connectivity index (χ4v) is 3.38. The summed E-state index contributed by atoms with van der Waals surface area (Å²) in [4.78, 5) is 2.38. The predicted octanol–water partition coefficient (Wildman–Crippen LogP) is 3.96. The molecule has 0 N–H and O–H groups in total. The van der Waals surface area contributed by atoms with Crippen molar-refractivity contribution in [3.8, 4) is 11.1 Å². The van der Waals surface area contributed by atoms with E-state index in [-0.39, 0.29) is 0 Å². The second-order valence-corrected chi connectivity index (χ2v) is 6.59. The predicted molar refractivity (Wildman–Crippen MR) is 97.7 cm³/mol. The van der Waals surface area contributed by atoms with Gasteiger partial charge < -0.3 is 9.64 Å². The van der Waals surface area contributed by atoms with Gasteiger partial charge in [-0.05, 0) is 35.7 Å². The highest BCUT2D eigenvalue weighted by atomic mass is 16.5. The molecule has 1 aliphatic heterocycles. The zero-order valence-corrected chi connectivity index (χ0v) is 14.3. The molecule has 4 heteroatoms. The number of benzene rings is 1. The van der Waals surface area contributed by atoms with Gasteiger partial charge in [0.15, 0.2) is 0 Å². The molecule has 0 aliphatic carbocycles. The molecule has 1 fully saturated rings. The third kappa shape index (κ3) is 2.67. The number of rotatable bonds is 3. The van der Waals surface area contributed by atoms with Crippen molar-refractivity contribution in [1.82, 2.24) is 9.61 Å². The monoisotopic (exact) mass is 321 g/mol. The summed E-state index contributed by atoms with van der Waals surface area (Å²) in [6.45, 7) is 7.96. The van der Waals surface area contributed by atoms with Crippen LogP contribution in [-0.2, 0) is 4.74 Å². The fraction of sp³-hybridized carbons (Fsp3) is 0.350. The average molecular weight is 321 g/mol. The fourth-order valence-electron chi connectivity index (χ4n) is 3.38. The summed E-state index contributed by atoms with van der Waals surface area (Å²) in [6, 6.07) is 15.1. The van der Waals surface area contributed by atoms with Crippen LogP contribution >= 0.6 is 0 Å². The van der Waals surface area contributed by atoms with Crippen molar-refractivity contribution in [2.75, 3.05) is 31.2 Å². The summed E-state index contributed by atoms with van der Waals surface area (Å²) in [5.41, 5.74) is 6.07. The maximum Gasteiger partial charge on any atom is 0.0743 e. The first-order chi connectivity index (χ1) is 11.7. The smallest absolute Gasteiger partial charge is 0.0743 e. The zero-order valence-electron chi connectivity index (χ0n) is 14.3. The average Bonchev–Trinajstić information content (AvgIpc) is 3.02. The molecule has 1 aromatic carbocycles. The Hall–Kier alpha value is -2.33. The molecule has 0 amide bonds. The molecule has 0 bridgehead atoms. The van der Waals surface area contributed by atoms with Gasteiger partial charge in [-0.15, -0.1) is 0 Å². The molecule has 0 saturated carbocycles. The van der Waals surface area contributed by atoms with E-state index in [0.29, 0.717) is 5.92 Å². The lowest BCUT2D eigenvalue weighted by Gasteiger charge is -2.28. The lowest BCUT2D eigenvalue weighted by atomic mass is 9.98. The highest BCUT2D eigenvalue weighted by Gasteiger charge is 2.17. The van der Waals surface area contributed by atoms with E-state index in [9.17, 15) is 0 Å². The Morgan fingerprint density at radius 1 is 1.00 bits per heavy atom. The molecular weight excluding hydrogens is 298 g/mol. The van der Waals surface area contributed by atoms with E-state index in [4.69, 9.17) is 9.84 Å². The summed E-state index contributed by atoms with van der Waals surface area (Å²) in [6.07, 6.45) is 2.02. The Balaban J connectivity index is 1.75. The van der Waals surface area contributed by atoms with E-state index >= 15 is 0 Å². The Labute approximate surface area is 142 Å². The van der Waals surface area contributed by atoms with E-state index < -0.39 is 0 Å². The number of hydrogen-bond acceptors (Lipinski definition) is 3. The summed E-state index contributed by atoms with van der Waals surface area (Å²) in [5.74, 6) is 0.388. The van der Waals surface area contributed by atoms with Crippen LogP contribution in [0.1, 0.15) is 25.5 Å². The van der Waals surface area contributed by atoms with Gasteiger partial charge in [0.05, 0.1) is 24.4 Å². The first-order valence-corrected chi connectivity index (χ1v) is 8.64. The van der Waals surface area contributed by atoms with E-state index in [2.05, 4.69) is 55.1 Å². The second-order valence-electron chi connectivity index (χ2n) is 6.59. The molecule has 0 atom stereocenters. The van der Waals surface area contributed by atoms with Crippen molar-refractivity contribution in [3.05, 3.63) is 54.4 Å². The van der Waals surface area contributed by atoms with E-state index in [1.54, 1.807) is 0 Å². The Morgan fingerprint density at radius 2 is 1.75 bits per heavy atom. The number of pyridine rings is 1. The van der Waals surface area contributed by atoms with Crippen LogP contribution in [0.5, 0.6) is 0 Å². The Bertz CT molecular complexity index is 830. The number of hydrogen-bond donors (Lipinski definition) is 0. The SMILES string of the molecule is CC(C)c1nn2ccccc2c1-c1ccc(N2CCOCC2)cc1. The normalized spacial score (nSPS) is 15.4. The van der Waals surface area contributed by atoms with Crippen molar-refractivity contribution in [1.29, 1.82) is 0 Å². The zero-order chi connectivity index (χ0) is 16.5. The summed E-state index contributed by atoms with van der Waals surface area (Å²) < 4.78 is 7.43. The molecule has 0 spiro atoms. The van der Waals surface area contributed by atoms with Crippen LogP contribution in [0.25, 0.3) is 16.6 Å². The minimum atomic E-state index is 0.388. The van der Waals surface area contributed by atoms with Crippen LogP contribution in [0.2, 0.25) is 0 Å². The maximum absolute atomic E-state index is 5.44. The highest BCUT2D eigenvalue weighted by Crippen LogP contribution is 2.33. The van der Waals surface area contributed by atoms with Gasteiger partial charge in [-0.3, -0.25) is 0 Å². The molecule has 2 aromatic heterocycles. The van der Waals surface area contributed by atoms with Crippen LogP contribution in [0, 0.1) is 0 Å². The molecule has 0 radical (unpaired) electrons. The van der Waals surface area contributed by atoms with Crippen molar-refractivity contribution in [3.63, 3.8) is 0 Å². The van der Waals surface area contributed by atoms with Gasteiger partial charge in [-0.1, -0.05) is 32.0 Å². The van der Waals surface area contributed by atoms with E-state index in [0.717, 1.165) is 32.0 Å². The lowest BCUT2D eigenvalue weighted by molar-refractivity contribution is 0.122. The Kier molecular flexibility index (Phi) is 3.98. The van der Waals surface area contributed by atoms with Crippen LogP contribution in [-0.4, -0.2) is 35.9 Å². The van der Waals surface area contributed by atoms with Crippen molar-refractivity contribution < 1.29 is 4.74 Å². The van der Waals surface area contributed by atoms with Crippen LogP contribution in [0.4, 0.5) is 5.69 Å². The van der Waals surface area contributed by atoms with Gasteiger partial charge in [0.1, 0.15) is 0 Å². The quantitative estimate of drug-likeness (QED) is 0.731. The minimum absolute atomic E-state index is 0.388. The molecule has 0 unspecified atom stereocenters. The molecule has 3 aromatic rings. The third-order valence-corrected chi connectivity index (χ3v) is 4.65. The molecule has 1 aliphatic rings. The number of anilines is 1. The molecule has 4 nitrogen and oxygen atoms in total. The number of aromatic nitrogens is 2. The van der Waals surface area contributed by atoms with Gasteiger partial charge in [0.2, 0.25) is 0 Å². The number of fused-ring (bicyclic) bond motifs is 1. The van der Waals surface area contributed by atoms with E-state index in [1.807, 2.05) is 16.8 Å². The standard InChI is InChI=1S/C20H23N3O/c1-15(2)20-19(18-5-3-4-10-23(18)21-20)16-6-8-17(9-7-16)22-11-13-24-14-12-22/h3-10,15H,11-14H2,1-2H3. The van der Waals surface area contributed by atoms with Crippen LogP contribution < -0.4 is 4.90 Å².